The number of aliphatic hydroxyl groups excluding tert-OH is 1. The third-order valence-electron chi connectivity index (χ3n) is 3.56. The van der Waals surface area contributed by atoms with E-state index in [9.17, 15) is 27.5 Å². The zero-order chi connectivity index (χ0) is 19.1. The number of hydrogen-bond donors (Lipinski definition) is 2. The lowest BCUT2D eigenvalue weighted by molar-refractivity contribution is -0.167. The fourth-order valence-corrected chi connectivity index (χ4v) is 2.62. The lowest BCUT2D eigenvalue weighted by Gasteiger charge is -2.14. The molecule has 3 rings (SSSR count). The van der Waals surface area contributed by atoms with Crippen molar-refractivity contribution >= 4 is 29.0 Å². The first-order valence-electron chi connectivity index (χ1n) is 7.15. The predicted octanol–water partition coefficient (Wildman–Crippen LogP) is 3.71. The van der Waals surface area contributed by atoms with Crippen LogP contribution >= 0.6 is 11.6 Å². The largest absolute Gasteiger partial charge is 0.471 e. The van der Waals surface area contributed by atoms with E-state index >= 15 is 0 Å². The van der Waals surface area contributed by atoms with Crippen LogP contribution in [0.5, 0.6) is 0 Å². The van der Waals surface area contributed by atoms with E-state index in [2.05, 4.69) is 4.98 Å². The summed E-state index contributed by atoms with van der Waals surface area (Å²) in [6, 6.07) is 6.78. The summed E-state index contributed by atoms with van der Waals surface area (Å²) in [5.74, 6) is -3.17. The van der Waals surface area contributed by atoms with Crippen LogP contribution in [0, 0.1) is 5.82 Å². The van der Waals surface area contributed by atoms with Gasteiger partial charge in [0.15, 0.2) is 5.82 Å². The van der Waals surface area contributed by atoms with E-state index < -0.39 is 24.0 Å². The van der Waals surface area contributed by atoms with Gasteiger partial charge in [-0.05, 0) is 18.2 Å². The molecule has 2 aromatic heterocycles. The number of hydrogen-bond acceptors (Lipinski definition) is 3. The second-order valence-electron chi connectivity index (χ2n) is 5.34. The summed E-state index contributed by atoms with van der Waals surface area (Å²) in [4.78, 5) is 14.8. The molecule has 0 saturated carbocycles. The van der Waals surface area contributed by atoms with Crippen molar-refractivity contribution < 1.29 is 27.5 Å². The summed E-state index contributed by atoms with van der Waals surface area (Å²) in [5, 5.41) is 12.1. The molecule has 3 aromatic rings. The summed E-state index contributed by atoms with van der Waals surface area (Å²) < 4.78 is 52.1. The van der Waals surface area contributed by atoms with Crippen molar-refractivity contribution in [1.29, 1.82) is 0 Å². The average molecular weight is 388 g/mol. The maximum Gasteiger partial charge on any atom is 0.471 e. The van der Waals surface area contributed by atoms with E-state index in [0.717, 1.165) is 12.3 Å². The third kappa shape index (κ3) is 3.49. The van der Waals surface area contributed by atoms with Crippen LogP contribution in [-0.4, -0.2) is 26.6 Å². The molecule has 1 unspecified atom stereocenters. The zero-order valence-corrected chi connectivity index (χ0v) is 13.5. The van der Waals surface area contributed by atoms with Gasteiger partial charge in [0.1, 0.15) is 17.6 Å². The van der Waals surface area contributed by atoms with Crippen LogP contribution in [0.3, 0.4) is 0 Å². The van der Waals surface area contributed by atoms with Gasteiger partial charge >= 0.3 is 12.1 Å². The summed E-state index contributed by atoms with van der Waals surface area (Å²) in [6.07, 6.45) is -3.96. The Bertz CT molecular complexity index is 967. The second kappa shape index (κ2) is 6.58. The van der Waals surface area contributed by atoms with Crippen molar-refractivity contribution in [1.82, 2.24) is 9.38 Å². The Kier molecular flexibility index (Phi) is 4.59. The lowest BCUT2D eigenvalue weighted by Crippen LogP contribution is -2.30. The van der Waals surface area contributed by atoms with Crippen molar-refractivity contribution in [2.75, 3.05) is 5.32 Å². The molecule has 10 heteroatoms. The number of carbonyl (C=O) groups is 1. The Morgan fingerprint density at radius 2 is 1.96 bits per heavy atom. The van der Waals surface area contributed by atoms with Crippen LogP contribution in [0.1, 0.15) is 17.2 Å². The number of anilines is 1. The molecule has 0 aliphatic carbocycles. The number of benzene rings is 1. The molecule has 0 aliphatic heterocycles. The highest BCUT2D eigenvalue weighted by Gasteiger charge is 2.39. The van der Waals surface area contributed by atoms with E-state index in [0.29, 0.717) is 0 Å². The fraction of sp³-hybridized carbons (Fsp3) is 0.125. The maximum absolute atomic E-state index is 13.9. The smallest absolute Gasteiger partial charge is 0.383 e. The number of carbonyl (C=O) groups excluding carboxylic acids is 1. The molecule has 2 N–H and O–H groups in total. The molecule has 0 radical (unpaired) electrons. The van der Waals surface area contributed by atoms with Crippen molar-refractivity contribution in [3.8, 4) is 0 Å². The zero-order valence-electron chi connectivity index (χ0n) is 12.8. The maximum atomic E-state index is 13.9. The summed E-state index contributed by atoms with van der Waals surface area (Å²) in [6.45, 7) is 0. The predicted molar refractivity (Wildman–Crippen MR) is 85.3 cm³/mol. The van der Waals surface area contributed by atoms with Crippen LogP contribution < -0.4 is 5.32 Å². The molecule has 1 atom stereocenters. The number of nitrogens with one attached hydrogen (secondary N) is 1. The van der Waals surface area contributed by atoms with Crippen LogP contribution in [0.4, 0.5) is 23.4 Å². The average Bonchev–Trinajstić information content (AvgIpc) is 2.94. The SMILES string of the molecule is O=C(Nc1cn2cc(C(O)c3c(F)cccc3Cl)ccc2n1)C(F)(F)F. The number of aliphatic hydroxyl groups is 1. The molecular weight excluding hydrogens is 378 g/mol. The van der Waals surface area contributed by atoms with E-state index in [1.807, 2.05) is 0 Å². The summed E-state index contributed by atoms with van der Waals surface area (Å²) in [5.41, 5.74) is 0.327. The standard InChI is InChI=1S/C16H10ClF4N3O2/c17-9-2-1-3-10(18)13(9)14(25)8-4-5-12-22-11(7-24(12)6-8)23-15(26)16(19,20)21/h1-7,14,25H,(H,23,26). The van der Waals surface area contributed by atoms with Gasteiger partial charge in [-0.25, -0.2) is 9.37 Å². The van der Waals surface area contributed by atoms with Crippen molar-refractivity contribution in [2.24, 2.45) is 0 Å². The number of pyridine rings is 1. The first-order chi connectivity index (χ1) is 12.2. The minimum absolute atomic E-state index is 0.0290. The third-order valence-corrected chi connectivity index (χ3v) is 3.89. The molecule has 1 aromatic carbocycles. The monoisotopic (exact) mass is 387 g/mol. The first-order valence-corrected chi connectivity index (χ1v) is 7.53. The minimum Gasteiger partial charge on any atom is -0.383 e. The van der Waals surface area contributed by atoms with Crippen molar-refractivity contribution in [3.05, 3.63) is 64.7 Å². The van der Waals surface area contributed by atoms with E-state index in [-0.39, 0.29) is 27.6 Å². The van der Waals surface area contributed by atoms with Gasteiger partial charge in [-0.3, -0.25) is 4.79 Å². The molecule has 0 aliphatic rings. The molecule has 0 saturated heterocycles. The summed E-state index contributed by atoms with van der Waals surface area (Å²) >= 11 is 5.92. The Morgan fingerprint density at radius 1 is 1.23 bits per heavy atom. The van der Waals surface area contributed by atoms with Gasteiger partial charge in [0.2, 0.25) is 0 Å². The van der Waals surface area contributed by atoms with Crippen molar-refractivity contribution in [2.45, 2.75) is 12.3 Å². The Morgan fingerprint density at radius 3 is 2.62 bits per heavy atom. The number of nitrogens with zero attached hydrogens (tertiary/aromatic N) is 2. The lowest BCUT2D eigenvalue weighted by atomic mass is 10.0. The van der Waals surface area contributed by atoms with E-state index in [1.54, 1.807) is 5.32 Å². The number of rotatable bonds is 3. The van der Waals surface area contributed by atoms with E-state index in [4.69, 9.17) is 11.6 Å². The molecule has 0 fully saturated rings. The van der Waals surface area contributed by atoms with Gasteiger partial charge in [-0.2, -0.15) is 13.2 Å². The number of aromatic nitrogens is 2. The van der Waals surface area contributed by atoms with Gasteiger partial charge in [0.25, 0.3) is 0 Å². The molecule has 136 valence electrons. The second-order valence-corrected chi connectivity index (χ2v) is 5.75. The minimum atomic E-state index is -5.04. The van der Waals surface area contributed by atoms with Gasteiger partial charge in [-0.1, -0.05) is 23.7 Å². The molecule has 1 amide bonds. The Hall–Kier alpha value is -2.65. The molecule has 0 spiro atoms. The van der Waals surface area contributed by atoms with Gasteiger partial charge in [-0.15, -0.1) is 0 Å². The van der Waals surface area contributed by atoms with Crippen LogP contribution in [0.25, 0.3) is 5.65 Å². The topological polar surface area (TPSA) is 66.6 Å². The Labute approximate surface area is 148 Å². The number of imidazole rings is 1. The highest BCUT2D eigenvalue weighted by molar-refractivity contribution is 6.31. The van der Waals surface area contributed by atoms with Gasteiger partial charge in [0.05, 0.1) is 6.20 Å². The van der Waals surface area contributed by atoms with E-state index in [1.165, 1.54) is 34.9 Å². The molecule has 2 heterocycles. The molecule has 26 heavy (non-hydrogen) atoms. The number of amides is 1. The number of alkyl halides is 3. The first kappa shape index (κ1) is 18.2. The van der Waals surface area contributed by atoms with Gasteiger partial charge in [0, 0.05) is 22.3 Å². The van der Waals surface area contributed by atoms with Crippen molar-refractivity contribution in [3.63, 3.8) is 0 Å². The molecular formula is C16H10ClF4N3O2. The quantitative estimate of drug-likeness (QED) is 0.673. The molecule has 5 nitrogen and oxygen atoms in total. The van der Waals surface area contributed by atoms with Crippen LogP contribution in [0.2, 0.25) is 5.02 Å². The summed E-state index contributed by atoms with van der Waals surface area (Å²) in [7, 11) is 0. The molecule has 0 bridgehead atoms. The van der Waals surface area contributed by atoms with Crippen LogP contribution in [-0.2, 0) is 4.79 Å². The van der Waals surface area contributed by atoms with Crippen LogP contribution in [0.15, 0.2) is 42.7 Å². The highest BCUT2D eigenvalue weighted by Crippen LogP contribution is 2.30. The van der Waals surface area contributed by atoms with Gasteiger partial charge < -0.3 is 14.8 Å². The highest BCUT2D eigenvalue weighted by atomic mass is 35.5. The number of halogens is 5. The normalized spacial score (nSPS) is 13.0. The Balaban J connectivity index is 1.93. The fourth-order valence-electron chi connectivity index (χ4n) is 2.36. The number of fused-ring (bicyclic) bond motifs is 1.